The first-order valence-electron chi connectivity index (χ1n) is 6.15. The van der Waals surface area contributed by atoms with E-state index >= 15 is 0 Å². The molecule has 3 nitrogen and oxygen atoms in total. The maximum absolute atomic E-state index is 11.5. The summed E-state index contributed by atoms with van der Waals surface area (Å²) in [7, 11) is 1.69. The lowest BCUT2D eigenvalue weighted by Gasteiger charge is -2.05. The molecule has 0 radical (unpaired) electrons. The van der Waals surface area contributed by atoms with Gasteiger partial charge in [0.2, 0.25) is 0 Å². The Kier molecular flexibility index (Phi) is 2.67. The third-order valence-electron chi connectivity index (χ3n) is 3.22. The Morgan fingerprint density at radius 3 is 2.53 bits per heavy atom. The van der Waals surface area contributed by atoms with Gasteiger partial charge in [0, 0.05) is 0 Å². The van der Waals surface area contributed by atoms with Gasteiger partial charge in [0.15, 0.2) is 11.8 Å². The number of hydrogen-bond donors (Lipinski definition) is 0. The van der Waals surface area contributed by atoms with Crippen molar-refractivity contribution >= 4 is 11.0 Å². The average molecular weight is 252 g/mol. The van der Waals surface area contributed by atoms with Crippen LogP contribution in [-0.4, -0.2) is 0 Å². The third-order valence-corrected chi connectivity index (χ3v) is 3.22. The van der Waals surface area contributed by atoms with Gasteiger partial charge in [-0.1, -0.05) is 30.3 Å². The van der Waals surface area contributed by atoms with Gasteiger partial charge in [-0.05, 0) is 35.7 Å². The Bertz CT molecular complexity index is 804. The second kappa shape index (κ2) is 4.35. The van der Waals surface area contributed by atoms with Gasteiger partial charge in [-0.25, -0.2) is 0 Å². The molecule has 3 aromatic rings. The molecule has 1 aromatic heterocycles. The van der Waals surface area contributed by atoms with Crippen LogP contribution in [0.25, 0.3) is 22.1 Å². The minimum absolute atomic E-state index is 0.344. The second-order valence-corrected chi connectivity index (χ2v) is 4.69. The van der Waals surface area contributed by atoms with Crippen molar-refractivity contribution in [2.75, 3.05) is 0 Å². The van der Waals surface area contributed by atoms with Gasteiger partial charge in [-0.2, -0.15) is 4.79 Å². The first-order valence-corrected chi connectivity index (χ1v) is 6.15. The van der Waals surface area contributed by atoms with Crippen molar-refractivity contribution in [2.24, 2.45) is 7.05 Å². The van der Waals surface area contributed by atoms with Crippen LogP contribution in [-0.2, 0) is 7.05 Å². The van der Waals surface area contributed by atoms with Crippen LogP contribution in [0.5, 0.6) is 0 Å². The van der Waals surface area contributed by atoms with Crippen LogP contribution in [0.4, 0.5) is 0 Å². The van der Waals surface area contributed by atoms with E-state index in [0.717, 1.165) is 22.1 Å². The van der Waals surface area contributed by atoms with Crippen molar-refractivity contribution in [2.45, 2.75) is 6.92 Å². The van der Waals surface area contributed by atoms with Crippen molar-refractivity contribution in [3.05, 3.63) is 64.8 Å². The lowest BCUT2D eigenvalue weighted by Crippen LogP contribution is -2.45. The summed E-state index contributed by atoms with van der Waals surface area (Å²) in [6.07, 6.45) is 1.81. The summed E-state index contributed by atoms with van der Waals surface area (Å²) in [6, 6.07) is 14.2. The first kappa shape index (κ1) is 11.7. The summed E-state index contributed by atoms with van der Waals surface area (Å²) >= 11 is 0. The number of hydrogen-bond acceptors (Lipinski definition) is 2. The van der Waals surface area contributed by atoms with E-state index in [4.69, 9.17) is 4.42 Å². The van der Waals surface area contributed by atoms with Gasteiger partial charge in [-0.15, -0.1) is 4.57 Å². The zero-order chi connectivity index (χ0) is 13.4. The molecule has 0 aliphatic rings. The quantitative estimate of drug-likeness (QED) is 0.624. The van der Waals surface area contributed by atoms with E-state index in [-0.39, 0.29) is 5.76 Å². The van der Waals surface area contributed by atoms with Crippen LogP contribution in [0.3, 0.4) is 0 Å². The van der Waals surface area contributed by atoms with Gasteiger partial charge in [0.25, 0.3) is 0 Å². The molecule has 0 amide bonds. The van der Waals surface area contributed by atoms with E-state index in [9.17, 15) is 4.79 Å². The number of aromatic nitrogens is 1. The molecule has 2 aromatic carbocycles. The topological polar surface area (TPSA) is 34.1 Å². The summed E-state index contributed by atoms with van der Waals surface area (Å²) in [5.41, 5.74) is 3.90. The Hall–Kier alpha value is -2.42. The van der Waals surface area contributed by atoms with E-state index in [1.54, 1.807) is 13.2 Å². The summed E-state index contributed by atoms with van der Waals surface area (Å²) in [6.45, 7) is 1.96. The highest BCUT2D eigenvalue weighted by molar-refractivity contribution is 5.84. The van der Waals surface area contributed by atoms with Gasteiger partial charge >= 0.3 is 5.76 Å². The molecule has 0 saturated heterocycles. The van der Waals surface area contributed by atoms with Crippen LogP contribution < -0.4 is 10.3 Å². The van der Waals surface area contributed by atoms with Gasteiger partial charge in [0.1, 0.15) is 7.05 Å². The molecule has 0 aliphatic carbocycles. The van der Waals surface area contributed by atoms with Crippen molar-refractivity contribution < 1.29 is 8.98 Å². The zero-order valence-electron chi connectivity index (χ0n) is 10.9. The highest BCUT2D eigenvalue weighted by Gasteiger charge is 2.11. The Labute approximate surface area is 110 Å². The fourth-order valence-corrected chi connectivity index (χ4v) is 2.25. The average Bonchev–Trinajstić information content (AvgIpc) is 2.42. The number of benzene rings is 2. The molecule has 0 aliphatic heterocycles. The lowest BCUT2D eigenvalue weighted by molar-refractivity contribution is -0.696. The monoisotopic (exact) mass is 252 g/mol. The molecule has 3 rings (SSSR count). The standard InChI is InChI=1S/C16H14NO2/c1-11-8-13(12-6-4-3-5-7-12)9-14-10-17(2)16(18)19-15(11)14/h3-10H,1-2H3/q+1. The lowest BCUT2D eigenvalue weighted by atomic mass is 10.0. The number of rotatable bonds is 1. The Morgan fingerprint density at radius 1 is 1.05 bits per heavy atom. The predicted molar refractivity (Wildman–Crippen MR) is 73.8 cm³/mol. The van der Waals surface area contributed by atoms with Crippen LogP contribution in [0, 0.1) is 6.92 Å². The summed E-state index contributed by atoms with van der Waals surface area (Å²) in [5, 5.41) is 0.931. The van der Waals surface area contributed by atoms with E-state index < -0.39 is 0 Å². The summed E-state index contributed by atoms with van der Waals surface area (Å²) < 4.78 is 6.78. The predicted octanol–water partition coefficient (Wildman–Crippen LogP) is 2.59. The molecule has 1 heterocycles. The van der Waals surface area contributed by atoms with Crippen LogP contribution in [0.15, 0.2) is 57.9 Å². The van der Waals surface area contributed by atoms with Crippen molar-refractivity contribution in [1.29, 1.82) is 0 Å². The van der Waals surface area contributed by atoms with Crippen LogP contribution in [0.1, 0.15) is 5.56 Å². The fourth-order valence-electron chi connectivity index (χ4n) is 2.25. The number of fused-ring (bicyclic) bond motifs is 1. The molecule has 3 heteroatoms. The Morgan fingerprint density at radius 2 is 1.79 bits per heavy atom. The molecule has 0 fully saturated rings. The van der Waals surface area contributed by atoms with E-state index in [1.807, 2.05) is 37.3 Å². The minimum Gasteiger partial charge on any atom is -0.371 e. The highest BCUT2D eigenvalue weighted by atomic mass is 16.4. The van der Waals surface area contributed by atoms with E-state index in [2.05, 4.69) is 12.1 Å². The van der Waals surface area contributed by atoms with Crippen LogP contribution in [0.2, 0.25) is 0 Å². The molecule has 0 bridgehead atoms. The van der Waals surface area contributed by atoms with Gasteiger partial charge in [0.05, 0.1) is 5.39 Å². The van der Waals surface area contributed by atoms with Gasteiger partial charge in [-0.3, -0.25) is 0 Å². The number of aryl methyl sites for hydroxylation is 2. The van der Waals surface area contributed by atoms with Crippen LogP contribution >= 0.6 is 0 Å². The Balaban J connectivity index is 2.31. The zero-order valence-corrected chi connectivity index (χ0v) is 10.9. The highest BCUT2D eigenvalue weighted by Crippen LogP contribution is 2.25. The second-order valence-electron chi connectivity index (χ2n) is 4.69. The molecule has 0 spiro atoms. The normalized spacial score (nSPS) is 10.8. The molecular weight excluding hydrogens is 238 g/mol. The van der Waals surface area contributed by atoms with Crippen molar-refractivity contribution in [3.8, 4) is 11.1 Å². The largest absolute Gasteiger partial charge is 0.601 e. The van der Waals surface area contributed by atoms with E-state index in [0.29, 0.717) is 5.58 Å². The van der Waals surface area contributed by atoms with E-state index in [1.165, 1.54) is 4.57 Å². The molecule has 0 N–H and O–H groups in total. The van der Waals surface area contributed by atoms with Gasteiger partial charge < -0.3 is 4.42 Å². The summed E-state index contributed by atoms with van der Waals surface area (Å²) in [4.78, 5) is 11.5. The molecule has 19 heavy (non-hydrogen) atoms. The maximum Gasteiger partial charge on any atom is 0.601 e. The third kappa shape index (κ3) is 2.03. The number of nitrogens with zero attached hydrogens (tertiary/aromatic N) is 1. The molecular formula is C16H14NO2+. The molecule has 0 atom stereocenters. The minimum atomic E-state index is -0.344. The smallest absolute Gasteiger partial charge is 0.371 e. The summed E-state index contributed by atoms with van der Waals surface area (Å²) in [5.74, 6) is -0.344. The van der Waals surface area contributed by atoms with Crippen molar-refractivity contribution in [1.82, 2.24) is 0 Å². The SMILES string of the molecule is Cc1cc(-c2ccccc2)cc2c[n+](C)c(=O)oc12. The molecule has 0 saturated carbocycles. The first-order chi connectivity index (χ1) is 9.15. The molecule has 94 valence electrons. The fraction of sp³-hybridized carbons (Fsp3) is 0.125. The van der Waals surface area contributed by atoms with Crippen molar-refractivity contribution in [3.63, 3.8) is 0 Å². The molecule has 0 unspecified atom stereocenters. The maximum atomic E-state index is 11.5.